The molecular formula is C19H17ClF3N7. The highest BCUT2D eigenvalue weighted by Gasteiger charge is 2.36. The maximum atomic E-state index is 12.9. The molecule has 30 heavy (non-hydrogen) atoms. The maximum Gasteiger partial charge on any atom is 0.453 e. The minimum atomic E-state index is -4.62. The largest absolute Gasteiger partial charge is 0.453 e. The molecule has 3 heterocycles. The van der Waals surface area contributed by atoms with Gasteiger partial charge in [0.25, 0.3) is 11.6 Å². The number of nitrogens with one attached hydrogen (secondary N) is 2. The van der Waals surface area contributed by atoms with Crippen LogP contribution in [0.25, 0.3) is 16.7 Å². The van der Waals surface area contributed by atoms with Gasteiger partial charge < -0.3 is 10.6 Å². The quantitative estimate of drug-likeness (QED) is 0.432. The Balaban J connectivity index is 1.40. The third kappa shape index (κ3) is 4.23. The van der Waals surface area contributed by atoms with Gasteiger partial charge in [0.1, 0.15) is 5.82 Å². The Kier molecular flexibility index (Phi) is 5.33. The molecule has 0 saturated heterocycles. The fraction of sp³-hybridized carbons (Fsp3) is 0.263. The molecule has 0 amide bonds. The van der Waals surface area contributed by atoms with Crippen molar-refractivity contribution in [1.29, 1.82) is 0 Å². The average Bonchev–Trinajstić information content (AvgIpc) is 3.12. The lowest BCUT2D eigenvalue weighted by Crippen LogP contribution is -2.13. The van der Waals surface area contributed by atoms with Crippen molar-refractivity contribution in [2.45, 2.75) is 19.5 Å². The molecular weight excluding hydrogens is 419 g/mol. The number of nitrogens with zero attached hydrogens (tertiary/aromatic N) is 5. The van der Waals surface area contributed by atoms with Gasteiger partial charge >= 0.3 is 6.18 Å². The van der Waals surface area contributed by atoms with Crippen molar-refractivity contribution in [3.05, 3.63) is 53.1 Å². The molecule has 156 valence electrons. The summed E-state index contributed by atoms with van der Waals surface area (Å²) in [6.07, 6.45) is -2.21. The summed E-state index contributed by atoms with van der Waals surface area (Å²) >= 11 is 6.01. The first-order valence-electron chi connectivity index (χ1n) is 9.15. The lowest BCUT2D eigenvalue weighted by molar-refractivity contribution is -0.144. The Morgan fingerprint density at radius 2 is 1.87 bits per heavy atom. The van der Waals surface area contributed by atoms with Crippen LogP contribution in [0.4, 0.5) is 24.7 Å². The van der Waals surface area contributed by atoms with E-state index in [4.69, 9.17) is 11.6 Å². The van der Waals surface area contributed by atoms with E-state index < -0.39 is 12.0 Å². The number of alkyl halides is 3. The Morgan fingerprint density at radius 3 is 2.67 bits per heavy atom. The van der Waals surface area contributed by atoms with Gasteiger partial charge in [-0.3, -0.25) is 4.98 Å². The summed E-state index contributed by atoms with van der Waals surface area (Å²) in [5.41, 5.74) is 2.28. The zero-order valence-corrected chi connectivity index (χ0v) is 16.6. The summed E-state index contributed by atoms with van der Waals surface area (Å²) in [6.45, 7) is 2.85. The first-order valence-corrected chi connectivity index (χ1v) is 9.53. The van der Waals surface area contributed by atoms with Crippen LogP contribution < -0.4 is 10.6 Å². The van der Waals surface area contributed by atoms with Crippen LogP contribution in [0.1, 0.15) is 17.9 Å². The number of halogens is 4. The highest BCUT2D eigenvalue weighted by atomic mass is 35.5. The van der Waals surface area contributed by atoms with Gasteiger partial charge in [-0.1, -0.05) is 11.6 Å². The van der Waals surface area contributed by atoms with Crippen LogP contribution in [0, 0.1) is 6.92 Å². The SMILES string of the molecule is Cc1cc(NCCCNc2ccnc3cc(Cl)ccc23)n2nc(C(F)(F)F)nc2n1. The monoisotopic (exact) mass is 435 g/mol. The summed E-state index contributed by atoms with van der Waals surface area (Å²) < 4.78 is 39.8. The summed E-state index contributed by atoms with van der Waals surface area (Å²) in [5.74, 6) is -0.899. The predicted octanol–water partition coefficient (Wildman–Crippen LogP) is 4.57. The van der Waals surface area contributed by atoms with Crippen molar-refractivity contribution in [1.82, 2.24) is 24.6 Å². The van der Waals surface area contributed by atoms with E-state index in [9.17, 15) is 13.2 Å². The van der Waals surface area contributed by atoms with E-state index in [1.54, 1.807) is 25.3 Å². The number of pyridine rings is 1. The molecule has 7 nitrogen and oxygen atoms in total. The highest BCUT2D eigenvalue weighted by Crippen LogP contribution is 2.27. The summed E-state index contributed by atoms with van der Waals surface area (Å²) in [7, 11) is 0. The van der Waals surface area contributed by atoms with Crippen LogP contribution in [-0.4, -0.2) is 37.7 Å². The van der Waals surface area contributed by atoms with Crippen molar-refractivity contribution < 1.29 is 13.2 Å². The first kappa shape index (κ1) is 20.1. The molecule has 0 aliphatic rings. The molecule has 4 rings (SSSR count). The second-order valence-corrected chi connectivity index (χ2v) is 7.09. The van der Waals surface area contributed by atoms with Crippen LogP contribution in [0.3, 0.4) is 0 Å². The summed E-state index contributed by atoms with van der Waals surface area (Å²) in [5, 5.41) is 11.6. The Hall–Kier alpha value is -3.14. The van der Waals surface area contributed by atoms with E-state index in [1.807, 2.05) is 18.2 Å². The number of hydrogen-bond donors (Lipinski definition) is 2. The predicted molar refractivity (Wildman–Crippen MR) is 109 cm³/mol. The van der Waals surface area contributed by atoms with E-state index in [0.29, 0.717) is 36.0 Å². The van der Waals surface area contributed by atoms with E-state index >= 15 is 0 Å². The molecule has 0 aliphatic heterocycles. The van der Waals surface area contributed by atoms with E-state index in [2.05, 4.69) is 30.7 Å². The van der Waals surface area contributed by atoms with Gasteiger partial charge in [0.05, 0.1) is 5.52 Å². The van der Waals surface area contributed by atoms with E-state index in [0.717, 1.165) is 21.1 Å². The third-order valence-corrected chi connectivity index (χ3v) is 4.61. The molecule has 1 aromatic carbocycles. The van der Waals surface area contributed by atoms with Gasteiger partial charge in [-0.2, -0.15) is 22.7 Å². The smallest absolute Gasteiger partial charge is 0.384 e. The Labute approximate surface area is 174 Å². The topological polar surface area (TPSA) is 80.0 Å². The molecule has 0 spiro atoms. The van der Waals surface area contributed by atoms with Gasteiger partial charge in [-0.15, -0.1) is 5.10 Å². The molecule has 0 radical (unpaired) electrons. The highest BCUT2D eigenvalue weighted by molar-refractivity contribution is 6.31. The lowest BCUT2D eigenvalue weighted by atomic mass is 10.2. The zero-order chi connectivity index (χ0) is 21.3. The average molecular weight is 436 g/mol. The van der Waals surface area contributed by atoms with Gasteiger partial charge in [-0.05, 0) is 37.6 Å². The molecule has 0 unspecified atom stereocenters. The minimum absolute atomic E-state index is 0.0927. The second kappa shape index (κ2) is 7.94. The molecule has 3 aromatic heterocycles. The van der Waals surface area contributed by atoms with Gasteiger partial charge in [0.15, 0.2) is 0 Å². The third-order valence-electron chi connectivity index (χ3n) is 4.37. The van der Waals surface area contributed by atoms with Gasteiger partial charge in [0, 0.05) is 47.1 Å². The lowest BCUT2D eigenvalue weighted by Gasteiger charge is -2.11. The van der Waals surface area contributed by atoms with Crippen LogP contribution in [0.5, 0.6) is 0 Å². The minimum Gasteiger partial charge on any atom is -0.384 e. The first-order chi connectivity index (χ1) is 14.3. The van der Waals surface area contributed by atoms with Crippen molar-refractivity contribution in [2.24, 2.45) is 0 Å². The van der Waals surface area contributed by atoms with Crippen molar-refractivity contribution >= 4 is 39.8 Å². The Morgan fingerprint density at radius 1 is 1.07 bits per heavy atom. The van der Waals surface area contributed by atoms with Gasteiger partial charge in [0.2, 0.25) is 0 Å². The number of aryl methyl sites for hydroxylation is 1. The van der Waals surface area contributed by atoms with E-state index in [-0.39, 0.29) is 5.78 Å². The van der Waals surface area contributed by atoms with E-state index in [1.165, 1.54) is 0 Å². The normalized spacial score (nSPS) is 11.9. The molecule has 0 aliphatic carbocycles. The standard InChI is InChI=1S/C19H17ClF3N7/c1-11-9-16(30-18(27-11)28-17(29-30)19(21,22)23)26-7-2-6-24-14-5-8-25-15-10-12(20)3-4-13(14)15/h3-5,8-10,26H,2,6-7H2,1H3,(H,24,25). The number of fused-ring (bicyclic) bond motifs is 2. The van der Waals surface area contributed by atoms with Crippen LogP contribution >= 0.6 is 11.6 Å². The van der Waals surface area contributed by atoms with Crippen LogP contribution in [0.2, 0.25) is 5.02 Å². The molecule has 0 fully saturated rings. The van der Waals surface area contributed by atoms with Crippen molar-refractivity contribution in [3.8, 4) is 0 Å². The molecule has 11 heteroatoms. The fourth-order valence-electron chi connectivity index (χ4n) is 3.04. The zero-order valence-electron chi connectivity index (χ0n) is 15.8. The molecule has 0 bridgehead atoms. The number of rotatable bonds is 6. The van der Waals surface area contributed by atoms with Crippen molar-refractivity contribution in [2.75, 3.05) is 23.7 Å². The number of benzene rings is 1. The molecule has 4 aromatic rings. The second-order valence-electron chi connectivity index (χ2n) is 6.65. The number of anilines is 2. The van der Waals surface area contributed by atoms with Crippen molar-refractivity contribution in [3.63, 3.8) is 0 Å². The fourth-order valence-corrected chi connectivity index (χ4v) is 3.20. The van der Waals surface area contributed by atoms with Crippen LogP contribution in [-0.2, 0) is 6.18 Å². The molecule has 0 saturated carbocycles. The van der Waals surface area contributed by atoms with Crippen LogP contribution in [0.15, 0.2) is 36.5 Å². The summed E-state index contributed by atoms with van der Waals surface area (Å²) in [6, 6.07) is 9.03. The summed E-state index contributed by atoms with van der Waals surface area (Å²) in [4.78, 5) is 11.8. The number of aromatic nitrogens is 5. The van der Waals surface area contributed by atoms with Gasteiger partial charge in [-0.25, -0.2) is 4.98 Å². The molecule has 0 atom stereocenters. The molecule has 2 N–H and O–H groups in total. The Bertz CT molecular complexity index is 1210. The number of hydrogen-bond acceptors (Lipinski definition) is 6. The maximum absolute atomic E-state index is 12.9.